The maximum absolute atomic E-state index is 12.6. The number of carbonyl (C=O) groups is 2. The highest BCUT2D eigenvalue weighted by atomic mass is 17.2. The molecule has 0 heterocycles. The number of fused-ring (bicyclic) bond motifs is 1. The van der Waals surface area contributed by atoms with Crippen LogP contribution in [0.5, 0.6) is 5.75 Å². The maximum Gasteiger partial charge on any atom is 0.386 e. The van der Waals surface area contributed by atoms with Crippen molar-refractivity contribution in [1.29, 1.82) is 0 Å². The molecule has 4 aromatic carbocycles. The van der Waals surface area contributed by atoms with E-state index in [0.29, 0.717) is 5.56 Å². The molecule has 0 aromatic heterocycles. The summed E-state index contributed by atoms with van der Waals surface area (Å²) in [7, 11) is 0. The molecule has 0 amide bonds. The quantitative estimate of drug-likeness (QED) is 0.391. The highest BCUT2D eigenvalue weighted by Gasteiger charge is 2.18. The van der Waals surface area contributed by atoms with Gasteiger partial charge >= 0.3 is 11.9 Å². The van der Waals surface area contributed by atoms with Gasteiger partial charge in [-0.15, -0.1) is 0 Å². The Labute approximate surface area is 166 Å². The fraction of sp³-hybridized carbons (Fsp3) is 0. The molecular formula is C24H16O5. The van der Waals surface area contributed by atoms with Gasteiger partial charge in [-0.2, -0.15) is 0 Å². The molecule has 5 heteroatoms. The number of phenols is 1. The van der Waals surface area contributed by atoms with Crippen molar-refractivity contribution < 1.29 is 24.5 Å². The Morgan fingerprint density at radius 3 is 2.10 bits per heavy atom. The second-order valence-electron chi connectivity index (χ2n) is 6.40. The highest BCUT2D eigenvalue weighted by molar-refractivity contribution is 5.99. The molecule has 0 fully saturated rings. The van der Waals surface area contributed by atoms with Gasteiger partial charge in [0, 0.05) is 0 Å². The van der Waals surface area contributed by atoms with Crippen LogP contribution < -0.4 is 0 Å². The summed E-state index contributed by atoms with van der Waals surface area (Å²) in [4.78, 5) is 34.0. The minimum absolute atomic E-state index is 0.0165. The number of carbonyl (C=O) groups excluding carboxylic acids is 2. The lowest BCUT2D eigenvalue weighted by Crippen LogP contribution is -2.12. The number of phenolic OH excluding ortho intramolecular Hbond substituents is 1. The van der Waals surface area contributed by atoms with E-state index >= 15 is 0 Å². The van der Waals surface area contributed by atoms with E-state index < -0.39 is 11.9 Å². The van der Waals surface area contributed by atoms with Crippen LogP contribution in [0.3, 0.4) is 0 Å². The van der Waals surface area contributed by atoms with Crippen LogP contribution >= 0.6 is 0 Å². The summed E-state index contributed by atoms with van der Waals surface area (Å²) in [5.41, 5.74) is 1.95. The van der Waals surface area contributed by atoms with Crippen LogP contribution in [0.15, 0.2) is 91.0 Å². The zero-order valence-electron chi connectivity index (χ0n) is 15.2. The second kappa shape index (κ2) is 7.86. The van der Waals surface area contributed by atoms with Gasteiger partial charge in [-0.25, -0.2) is 19.4 Å². The fourth-order valence-corrected chi connectivity index (χ4v) is 3.04. The zero-order valence-corrected chi connectivity index (χ0v) is 15.2. The number of benzene rings is 4. The monoisotopic (exact) mass is 384 g/mol. The topological polar surface area (TPSA) is 72.8 Å². The standard InChI is InChI=1S/C24H16O5/c25-20-13-11-17(12-14-20)23(26)28-29-24(27)22-8-4-3-7-21(22)19-10-9-16-5-1-2-6-18(16)15-19/h1-15,25H. The largest absolute Gasteiger partial charge is 0.508 e. The maximum atomic E-state index is 12.6. The van der Waals surface area contributed by atoms with Crippen molar-refractivity contribution in [3.63, 3.8) is 0 Å². The Kier molecular flexibility index (Phi) is 4.95. The van der Waals surface area contributed by atoms with Crippen molar-refractivity contribution in [3.05, 3.63) is 102 Å². The van der Waals surface area contributed by atoms with Crippen molar-refractivity contribution >= 4 is 22.7 Å². The minimum Gasteiger partial charge on any atom is -0.508 e. The summed E-state index contributed by atoms with van der Waals surface area (Å²) in [6, 6.07) is 26.2. The zero-order chi connectivity index (χ0) is 20.2. The van der Waals surface area contributed by atoms with Crippen LogP contribution in [-0.4, -0.2) is 17.0 Å². The van der Waals surface area contributed by atoms with Crippen molar-refractivity contribution in [2.24, 2.45) is 0 Å². The molecule has 0 aliphatic carbocycles. The van der Waals surface area contributed by atoms with Crippen molar-refractivity contribution in [2.75, 3.05) is 0 Å². The van der Waals surface area contributed by atoms with Gasteiger partial charge in [0.15, 0.2) is 0 Å². The first-order valence-electron chi connectivity index (χ1n) is 8.92. The Morgan fingerprint density at radius 2 is 1.31 bits per heavy atom. The average Bonchev–Trinajstić information content (AvgIpc) is 2.77. The van der Waals surface area contributed by atoms with Gasteiger partial charge in [0.1, 0.15) is 5.75 Å². The summed E-state index contributed by atoms with van der Waals surface area (Å²) in [5.74, 6) is -1.59. The van der Waals surface area contributed by atoms with Gasteiger partial charge in [-0.1, -0.05) is 54.6 Å². The number of hydrogen-bond acceptors (Lipinski definition) is 5. The third kappa shape index (κ3) is 3.94. The highest BCUT2D eigenvalue weighted by Crippen LogP contribution is 2.28. The van der Waals surface area contributed by atoms with E-state index in [4.69, 9.17) is 4.89 Å². The third-order valence-electron chi connectivity index (χ3n) is 4.50. The molecular weight excluding hydrogens is 368 g/mol. The van der Waals surface area contributed by atoms with E-state index in [9.17, 15) is 14.7 Å². The predicted molar refractivity (Wildman–Crippen MR) is 108 cm³/mol. The molecule has 0 radical (unpaired) electrons. The van der Waals surface area contributed by atoms with Gasteiger partial charge in [-0.3, -0.25) is 0 Å². The molecule has 4 rings (SSSR count). The van der Waals surface area contributed by atoms with Gasteiger partial charge in [-0.05, 0) is 58.3 Å². The van der Waals surface area contributed by atoms with Crippen molar-refractivity contribution in [1.82, 2.24) is 0 Å². The van der Waals surface area contributed by atoms with Crippen molar-refractivity contribution in [3.8, 4) is 16.9 Å². The number of hydrogen-bond donors (Lipinski definition) is 1. The second-order valence-corrected chi connectivity index (χ2v) is 6.40. The van der Waals surface area contributed by atoms with Crippen LogP contribution in [0, 0.1) is 0 Å². The van der Waals surface area contributed by atoms with E-state index in [-0.39, 0.29) is 16.9 Å². The van der Waals surface area contributed by atoms with Crippen LogP contribution in [0.4, 0.5) is 0 Å². The van der Waals surface area contributed by atoms with E-state index in [1.807, 2.05) is 54.6 Å². The van der Waals surface area contributed by atoms with Gasteiger partial charge in [0.05, 0.1) is 11.1 Å². The first-order valence-corrected chi connectivity index (χ1v) is 8.92. The van der Waals surface area contributed by atoms with Crippen LogP contribution in [-0.2, 0) is 9.78 Å². The first kappa shape index (κ1) is 18.3. The van der Waals surface area contributed by atoms with Crippen LogP contribution in [0.1, 0.15) is 20.7 Å². The Hall–Kier alpha value is -4.12. The molecule has 0 saturated heterocycles. The van der Waals surface area contributed by atoms with Crippen LogP contribution in [0.2, 0.25) is 0 Å². The molecule has 0 bridgehead atoms. The van der Waals surface area contributed by atoms with Crippen LogP contribution in [0.25, 0.3) is 21.9 Å². The third-order valence-corrected chi connectivity index (χ3v) is 4.50. The van der Waals surface area contributed by atoms with E-state index in [0.717, 1.165) is 16.3 Å². The molecule has 5 nitrogen and oxygen atoms in total. The fourth-order valence-electron chi connectivity index (χ4n) is 3.04. The predicted octanol–water partition coefficient (Wildman–Crippen LogP) is 5.14. The van der Waals surface area contributed by atoms with Gasteiger partial charge in [0.25, 0.3) is 0 Å². The molecule has 0 spiro atoms. The molecule has 142 valence electrons. The Morgan fingerprint density at radius 1 is 0.655 bits per heavy atom. The number of rotatable bonds is 3. The smallest absolute Gasteiger partial charge is 0.386 e. The lowest BCUT2D eigenvalue weighted by molar-refractivity contribution is -0.187. The molecule has 0 unspecified atom stereocenters. The lowest BCUT2D eigenvalue weighted by Gasteiger charge is -2.09. The molecule has 4 aromatic rings. The lowest BCUT2D eigenvalue weighted by atomic mass is 9.97. The summed E-state index contributed by atoms with van der Waals surface area (Å²) in [5, 5.41) is 11.4. The molecule has 0 atom stereocenters. The average molecular weight is 384 g/mol. The van der Waals surface area contributed by atoms with E-state index in [2.05, 4.69) is 4.89 Å². The SMILES string of the molecule is O=C(OOC(=O)c1ccccc1-c1ccc2ccccc2c1)c1ccc(O)cc1. The summed E-state index contributed by atoms with van der Waals surface area (Å²) in [6.07, 6.45) is 0. The normalized spacial score (nSPS) is 10.5. The Balaban J connectivity index is 1.56. The van der Waals surface area contributed by atoms with Gasteiger partial charge in [0.2, 0.25) is 0 Å². The summed E-state index contributed by atoms with van der Waals surface area (Å²) in [6.45, 7) is 0. The molecule has 0 saturated carbocycles. The number of aromatic hydroxyl groups is 1. The molecule has 0 aliphatic heterocycles. The Bertz CT molecular complexity index is 1200. The summed E-state index contributed by atoms with van der Waals surface area (Å²) >= 11 is 0. The van der Waals surface area contributed by atoms with Crippen molar-refractivity contribution in [2.45, 2.75) is 0 Å². The molecule has 29 heavy (non-hydrogen) atoms. The minimum atomic E-state index is -0.832. The molecule has 0 aliphatic rings. The van der Waals surface area contributed by atoms with E-state index in [1.165, 1.54) is 24.3 Å². The van der Waals surface area contributed by atoms with E-state index in [1.54, 1.807) is 12.1 Å². The first-order chi connectivity index (χ1) is 14.1. The molecule has 1 N–H and O–H groups in total. The van der Waals surface area contributed by atoms with Gasteiger partial charge < -0.3 is 5.11 Å². The summed E-state index contributed by atoms with van der Waals surface area (Å²) < 4.78 is 0.